The first-order valence-corrected chi connectivity index (χ1v) is 10.0. The second-order valence-corrected chi connectivity index (χ2v) is 7.49. The zero-order chi connectivity index (χ0) is 20.1. The molecule has 3 aromatic rings. The molecule has 0 saturated heterocycles. The third kappa shape index (κ3) is 4.94. The van der Waals surface area contributed by atoms with Gasteiger partial charge >= 0.3 is 0 Å². The maximum Gasteiger partial charge on any atom is 0.269 e. The summed E-state index contributed by atoms with van der Waals surface area (Å²) in [5.74, 6) is 0.467. The van der Waals surface area contributed by atoms with E-state index >= 15 is 0 Å². The Hall–Kier alpha value is -2.32. The minimum Gasteiger partial charge on any atom is -0.471 e. The number of rotatable bonds is 8. The molecule has 0 atom stereocenters. The van der Waals surface area contributed by atoms with Crippen molar-refractivity contribution in [3.05, 3.63) is 63.1 Å². The van der Waals surface area contributed by atoms with E-state index in [1.54, 1.807) is 36.5 Å². The highest BCUT2D eigenvalue weighted by Gasteiger charge is 2.12. The van der Waals surface area contributed by atoms with Crippen molar-refractivity contribution in [3.8, 4) is 5.75 Å². The predicted octanol–water partition coefficient (Wildman–Crippen LogP) is 3.97. The summed E-state index contributed by atoms with van der Waals surface area (Å²) in [5, 5.41) is 12.2. The first-order chi connectivity index (χ1) is 13.5. The number of carbonyl (C=O) groups is 1. The second kappa shape index (κ2) is 9.25. The van der Waals surface area contributed by atoms with Crippen LogP contribution in [0.1, 0.15) is 28.3 Å². The summed E-state index contributed by atoms with van der Waals surface area (Å²) in [5.41, 5.74) is 2.50. The third-order valence-electron chi connectivity index (χ3n) is 4.24. The number of aryl methyl sites for hydroxylation is 2. The summed E-state index contributed by atoms with van der Waals surface area (Å²) >= 11 is 9.38. The molecule has 1 N–H and O–H groups in total. The fraction of sp³-hybridized carbons (Fsp3) is 0.316. The van der Waals surface area contributed by atoms with Crippen molar-refractivity contribution in [1.29, 1.82) is 0 Å². The number of benzene rings is 1. The molecule has 0 fully saturated rings. The highest BCUT2D eigenvalue weighted by Crippen LogP contribution is 2.19. The number of aromatic nitrogens is 4. The molecule has 2 aromatic heterocycles. The third-order valence-corrected chi connectivity index (χ3v) is 5.64. The summed E-state index contributed by atoms with van der Waals surface area (Å²) in [6, 6.07) is 8.69. The summed E-state index contributed by atoms with van der Waals surface area (Å²) in [6.45, 7) is 5.39. The number of amides is 1. The van der Waals surface area contributed by atoms with E-state index in [4.69, 9.17) is 16.3 Å². The topological polar surface area (TPSA) is 74.0 Å². The van der Waals surface area contributed by atoms with E-state index in [1.807, 2.05) is 18.5 Å². The standard InChI is InChI=1S/C19H21BrClN5O2/c1-13-18(20)14(2)25(24-13)11-3-9-22-19(27)17-8-10-23-26(17)12-28-16-6-4-15(21)5-7-16/h4-8,10H,3,9,11-12H2,1-2H3,(H,22,27). The Morgan fingerprint density at radius 3 is 2.64 bits per heavy atom. The molecule has 28 heavy (non-hydrogen) atoms. The minimum absolute atomic E-state index is 0.136. The molecule has 7 nitrogen and oxygen atoms in total. The van der Waals surface area contributed by atoms with Gasteiger partial charge in [0.05, 0.1) is 10.2 Å². The molecule has 9 heteroatoms. The van der Waals surface area contributed by atoms with Crippen LogP contribution in [0.2, 0.25) is 5.02 Å². The van der Waals surface area contributed by atoms with E-state index in [9.17, 15) is 4.79 Å². The van der Waals surface area contributed by atoms with Gasteiger partial charge in [-0.3, -0.25) is 9.48 Å². The maximum atomic E-state index is 12.4. The first kappa shape index (κ1) is 20.4. The molecule has 0 aliphatic carbocycles. The summed E-state index contributed by atoms with van der Waals surface area (Å²) in [7, 11) is 0. The monoisotopic (exact) mass is 465 g/mol. The van der Waals surface area contributed by atoms with Gasteiger partial charge in [-0.05, 0) is 66.5 Å². The van der Waals surface area contributed by atoms with Crippen LogP contribution in [0, 0.1) is 13.8 Å². The lowest BCUT2D eigenvalue weighted by atomic mass is 10.3. The molecule has 0 aliphatic heterocycles. The average molecular weight is 467 g/mol. The number of nitrogens with zero attached hydrogens (tertiary/aromatic N) is 4. The van der Waals surface area contributed by atoms with Crippen molar-refractivity contribution < 1.29 is 9.53 Å². The smallest absolute Gasteiger partial charge is 0.269 e. The van der Waals surface area contributed by atoms with Gasteiger partial charge in [0.25, 0.3) is 5.91 Å². The Morgan fingerprint density at radius 1 is 1.21 bits per heavy atom. The van der Waals surface area contributed by atoms with Crippen molar-refractivity contribution in [2.24, 2.45) is 0 Å². The van der Waals surface area contributed by atoms with Crippen LogP contribution in [-0.4, -0.2) is 32.0 Å². The van der Waals surface area contributed by atoms with Crippen LogP contribution in [0.25, 0.3) is 0 Å². The van der Waals surface area contributed by atoms with Crippen molar-refractivity contribution >= 4 is 33.4 Å². The first-order valence-electron chi connectivity index (χ1n) is 8.83. The predicted molar refractivity (Wildman–Crippen MR) is 111 cm³/mol. The number of carbonyl (C=O) groups excluding carboxylic acids is 1. The molecule has 1 amide bonds. The lowest BCUT2D eigenvalue weighted by Gasteiger charge is -2.10. The Bertz CT molecular complexity index is 952. The van der Waals surface area contributed by atoms with E-state index in [0.717, 1.165) is 28.8 Å². The molecule has 3 rings (SSSR count). The molecule has 2 heterocycles. The lowest BCUT2D eigenvalue weighted by Crippen LogP contribution is -2.28. The molecular weight excluding hydrogens is 446 g/mol. The lowest BCUT2D eigenvalue weighted by molar-refractivity contribution is 0.0931. The largest absolute Gasteiger partial charge is 0.471 e. The second-order valence-electron chi connectivity index (χ2n) is 6.26. The van der Waals surface area contributed by atoms with E-state index < -0.39 is 0 Å². The Labute approximate surface area is 176 Å². The minimum atomic E-state index is -0.188. The number of hydrogen-bond donors (Lipinski definition) is 1. The van der Waals surface area contributed by atoms with Gasteiger partial charge in [0, 0.05) is 30.0 Å². The summed E-state index contributed by atoms with van der Waals surface area (Å²) < 4.78 is 10.1. The van der Waals surface area contributed by atoms with E-state index in [1.165, 1.54) is 4.68 Å². The van der Waals surface area contributed by atoms with Gasteiger partial charge in [-0.25, -0.2) is 4.68 Å². The SMILES string of the molecule is Cc1nn(CCCNC(=O)c2ccnn2COc2ccc(Cl)cc2)c(C)c1Br. The van der Waals surface area contributed by atoms with Crippen LogP contribution in [0.4, 0.5) is 0 Å². The number of nitrogens with one attached hydrogen (secondary N) is 1. The Morgan fingerprint density at radius 2 is 1.96 bits per heavy atom. The van der Waals surface area contributed by atoms with Crippen LogP contribution in [0.3, 0.4) is 0 Å². The Kier molecular flexibility index (Phi) is 6.74. The zero-order valence-corrected chi connectivity index (χ0v) is 18.0. The van der Waals surface area contributed by atoms with Crippen molar-refractivity contribution in [2.45, 2.75) is 33.5 Å². The van der Waals surface area contributed by atoms with Gasteiger partial charge < -0.3 is 10.1 Å². The van der Waals surface area contributed by atoms with Gasteiger partial charge in [0.1, 0.15) is 11.4 Å². The molecule has 0 spiro atoms. The normalized spacial score (nSPS) is 10.9. The maximum absolute atomic E-state index is 12.4. The quantitative estimate of drug-likeness (QED) is 0.510. The van der Waals surface area contributed by atoms with Crippen LogP contribution in [0.15, 0.2) is 41.0 Å². The van der Waals surface area contributed by atoms with Gasteiger partial charge in [-0.15, -0.1) is 0 Å². The zero-order valence-electron chi connectivity index (χ0n) is 15.7. The van der Waals surface area contributed by atoms with Crippen molar-refractivity contribution in [3.63, 3.8) is 0 Å². The van der Waals surface area contributed by atoms with E-state index in [2.05, 4.69) is 31.4 Å². The van der Waals surface area contributed by atoms with E-state index in [0.29, 0.717) is 23.0 Å². The average Bonchev–Trinajstić information content (AvgIpc) is 3.25. The van der Waals surface area contributed by atoms with Crippen LogP contribution in [0.5, 0.6) is 5.75 Å². The Balaban J connectivity index is 1.49. The highest BCUT2D eigenvalue weighted by molar-refractivity contribution is 9.10. The molecule has 148 valence electrons. The van der Waals surface area contributed by atoms with Crippen LogP contribution < -0.4 is 10.1 Å². The van der Waals surface area contributed by atoms with Gasteiger partial charge in [0.15, 0.2) is 6.73 Å². The highest BCUT2D eigenvalue weighted by atomic mass is 79.9. The molecule has 0 saturated carbocycles. The van der Waals surface area contributed by atoms with E-state index in [-0.39, 0.29) is 12.6 Å². The molecule has 0 aliphatic rings. The molecular formula is C19H21BrClN5O2. The number of halogens is 2. The van der Waals surface area contributed by atoms with Crippen LogP contribution >= 0.6 is 27.5 Å². The van der Waals surface area contributed by atoms with Crippen molar-refractivity contribution in [2.75, 3.05) is 6.54 Å². The molecule has 0 radical (unpaired) electrons. The fourth-order valence-corrected chi connectivity index (χ4v) is 3.12. The van der Waals surface area contributed by atoms with Crippen molar-refractivity contribution in [1.82, 2.24) is 24.9 Å². The fourth-order valence-electron chi connectivity index (χ4n) is 2.71. The number of ether oxygens (including phenoxy) is 1. The van der Waals surface area contributed by atoms with Gasteiger partial charge in [-0.2, -0.15) is 10.2 Å². The molecule has 0 bridgehead atoms. The number of hydrogen-bond acceptors (Lipinski definition) is 4. The summed E-state index contributed by atoms with van der Waals surface area (Å²) in [6.07, 6.45) is 2.35. The van der Waals surface area contributed by atoms with Gasteiger partial charge in [-0.1, -0.05) is 11.6 Å². The van der Waals surface area contributed by atoms with Gasteiger partial charge in [0.2, 0.25) is 0 Å². The molecule has 0 unspecified atom stereocenters. The molecule has 1 aromatic carbocycles. The van der Waals surface area contributed by atoms with Crippen LogP contribution in [-0.2, 0) is 13.3 Å². The summed E-state index contributed by atoms with van der Waals surface area (Å²) in [4.78, 5) is 12.4.